The molecule has 13 heteroatoms. The number of likely N-dealkylation sites (N-methyl/N-ethyl adjacent to an activating group) is 1. The number of rotatable bonds is 7. The minimum Gasteiger partial charge on any atom is -0.369 e. The van der Waals surface area contributed by atoms with Crippen molar-refractivity contribution in [3.8, 4) is 11.4 Å². The molecule has 1 fully saturated rings. The molecular formula is C32H29F6N7. The SMILES string of the molecule is CN1CCN(c2ccc(-c3nc(NCc4cccc(C(F)(F)F)c4)c4ncn(Cc5ccc(C(F)(F)F)cc5)c4n3)cc2)CC1. The van der Waals surface area contributed by atoms with Crippen LogP contribution in [0.3, 0.4) is 0 Å². The number of fused-ring (bicyclic) bond motifs is 1. The van der Waals surface area contributed by atoms with Crippen LogP contribution in [-0.2, 0) is 25.4 Å². The number of hydrogen-bond acceptors (Lipinski definition) is 6. The third-order valence-corrected chi connectivity index (χ3v) is 7.81. The van der Waals surface area contributed by atoms with Crippen LogP contribution >= 0.6 is 0 Å². The number of nitrogens with one attached hydrogen (secondary N) is 1. The molecule has 1 N–H and O–H groups in total. The third-order valence-electron chi connectivity index (χ3n) is 7.81. The molecule has 5 aromatic rings. The predicted octanol–water partition coefficient (Wildman–Crippen LogP) is 6.94. The highest BCUT2D eigenvalue weighted by Crippen LogP contribution is 2.32. The van der Waals surface area contributed by atoms with Crippen molar-refractivity contribution in [2.75, 3.05) is 43.4 Å². The first-order valence-electron chi connectivity index (χ1n) is 14.3. The molecule has 234 valence electrons. The second-order valence-electron chi connectivity index (χ2n) is 11.0. The van der Waals surface area contributed by atoms with Gasteiger partial charge in [-0.1, -0.05) is 24.3 Å². The molecule has 0 amide bonds. The molecule has 0 spiro atoms. The van der Waals surface area contributed by atoms with E-state index in [-0.39, 0.29) is 13.1 Å². The second kappa shape index (κ2) is 12.0. The number of halogens is 6. The van der Waals surface area contributed by atoms with Gasteiger partial charge in [-0.15, -0.1) is 0 Å². The molecular weight excluding hydrogens is 596 g/mol. The number of nitrogens with zero attached hydrogens (tertiary/aromatic N) is 6. The summed E-state index contributed by atoms with van der Waals surface area (Å²) in [5.74, 6) is 0.690. The molecule has 1 aliphatic heterocycles. The van der Waals surface area contributed by atoms with Gasteiger partial charge in [0.25, 0.3) is 0 Å². The summed E-state index contributed by atoms with van der Waals surface area (Å²) in [6, 6.07) is 17.7. The van der Waals surface area contributed by atoms with Crippen molar-refractivity contribution in [2.24, 2.45) is 0 Å². The Hall–Kier alpha value is -4.65. The zero-order valence-electron chi connectivity index (χ0n) is 24.2. The first-order valence-corrected chi connectivity index (χ1v) is 14.3. The normalized spacial score (nSPS) is 14.7. The molecule has 3 aromatic carbocycles. The fraction of sp³-hybridized carbons (Fsp3) is 0.281. The van der Waals surface area contributed by atoms with Crippen LogP contribution in [-0.4, -0.2) is 57.6 Å². The summed E-state index contributed by atoms with van der Waals surface area (Å²) in [4.78, 5) is 18.5. The largest absolute Gasteiger partial charge is 0.416 e. The smallest absolute Gasteiger partial charge is 0.369 e. The summed E-state index contributed by atoms with van der Waals surface area (Å²) >= 11 is 0. The van der Waals surface area contributed by atoms with Crippen molar-refractivity contribution >= 4 is 22.7 Å². The van der Waals surface area contributed by atoms with Gasteiger partial charge in [0.15, 0.2) is 17.3 Å². The van der Waals surface area contributed by atoms with Gasteiger partial charge in [0.1, 0.15) is 5.52 Å². The fourth-order valence-electron chi connectivity index (χ4n) is 5.24. The maximum atomic E-state index is 13.3. The molecule has 3 heterocycles. The van der Waals surface area contributed by atoms with Gasteiger partial charge in [-0.25, -0.2) is 15.0 Å². The highest BCUT2D eigenvalue weighted by Gasteiger charge is 2.31. The Morgan fingerprint density at radius 1 is 0.756 bits per heavy atom. The lowest BCUT2D eigenvalue weighted by atomic mass is 10.1. The summed E-state index contributed by atoms with van der Waals surface area (Å²) < 4.78 is 80.8. The van der Waals surface area contributed by atoms with Gasteiger partial charge in [-0.3, -0.25) is 0 Å². The molecule has 1 saturated heterocycles. The molecule has 6 rings (SSSR count). The van der Waals surface area contributed by atoms with E-state index in [4.69, 9.17) is 9.97 Å². The van der Waals surface area contributed by atoms with Crippen LogP contribution in [0.25, 0.3) is 22.6 Å². The van der Waals surface area contributed by atoms with E-state index >= 15 is 0 Å². The van der Waals surface area contributed by atoms with Crippen molar-refractivity contribution < 1.29 is 26.3 Å². The summed E-state index contributed by atoms with van der Waals surface area (Å²) in [5.41, 5.74) is 2.11. The Bertz CT molecular complexity index is 1770. The Balaban J connectivity index is 1.33. The molecule has 45 heavy (non-hydrogen) atoms. The third kappa shape index (κ3) is 6.88. The maximum absolute atomic E-state index is 13.3. The van der Waals surface area contributed by atoms with Gasteiger partial charge < -0.3 is 19.7 Å². The van der Waals surface area contributed by atoms with Gasteiger partial charge in [0, 0.05) is 44.0 Å². The number of imidazole rings is 1. The number of aromatic nitrogens is 4. The van der Waals surface area contributed by atoms with E-state index in [1.165, 1.54) is 24.5 Å². The summed E-state index contributed by atoms with van der Waals surface area (Å²) in [7, 11) is 2.09. The predicted molar refractivity (Wildman–Crippen MR) is 160 cm³/mol. The van der Waals surface area contributed by atoms with Crippen LogP contribution in [0.15, 0.2) is 79.1 Å². The lowest BCUT2D eigenvalue weighted by Crippen LogP contribution is -2.44. The van der Waals surface area contributed by atoms with Gasteiger partial charge >= 0.3 is 12.4 Å². The molecule has 1 aliphatic rings. The first-order chi connectivity index (χ1) is 21.4. The molecule has 0 aliphatic carbocycles. The number of hydrogen-bond donors (Lipinski definition) is 1. The minimum atomic E-state index is -4.47. The minimum absolute atomic E-state index is 0.0452. The van der Waals surface area contributed by atoms with E-state index < -0.39 is 23.5 Å². The van der Waals surface area contributed by atoms with E-state index in [0.29, 0.717) is 33.9 Å². The van der Waals surface area contributed by atoms with E-state index in [9.17, 15) is 26.3 Å². The maximum Gasteiger partial charge on any atom is 0.416 e. The van der Waals surface area contributed by atoms with Crippen molar-refractivity contribution in [1.82, 2.24) is 24.4 Å². The standard InChI is InChI=1S/C32H29F6N7/c1-43-13-15-44(16-14-43)26-11-7-23(8-12-26)28-41-29(39-18-22-3-2-4-25(17-22)32(36,37)38)27-30(42-28)45(20-40-27)19-21-5-9-24(10-6-21)31(33,34)35/h2-12,17,20H,13-16,18-19H2,1H3,(H,39,41,42). The van der Waals surface area contributed by atoms with Crippen LogP contribution in [0, 0.1) is 0 Å². The molecule has 0 unspecified atom stereocenters. The average molecular weight is 626 g/mol. The van der Waals surface area contributed by atoms with E-state index in [1.807, 2.05) is 24.3 Å². The molecule has 0 saturated carbocycles. The number of anilines is 2. The van der Waals surface area contributed by atoms with E-state index in [2.05, 4.69) is 27.1 Å². The van der Waals surface area contributed by atoms with Crippen molar-refractivity contribution in [3.05, 3.63) is 101 Å². The van der Waals surface area contributed by atoms with Crippen LogP contribution in [0.4, 0.5) is 37.8 Å². The van der Waals surface area contributed by atoms with Crippen LogP contribution < -0.4 is 10.2 Å². The lowest BCUT2D eigenvalue weighted by molar-refractivity contribution is -0.138. The number of piperazine rings is 1. The Labute approximate surface area is 255 Å². The summed E-state index contributed by atoms with van der Waals surface area (Å²) in [6.45, 7) is 3.98. The molecule has 0 atom stereocenters. The lowest BCUT2D eigenvalue weighted by Gasteiger charge is -2.34. The summed E-state index contributed by atoms with van der Waals surface area (Å²) in [6.07, 6.45) is -7.39. The van der Waals surface area contributed by atoms with E-state index in [0.717, 1.165) is 61.7 Å². The number of benzene rings is 3. The van der Waals surface area contributed by atoms with Crippen molar-refractivity contribution in [2.45, 2.75) is 25.4 Å². The van der Waals surface area contributed by atoms with Gasteiger partial charge in [0.2, 0.25) is 0 Å². The van der Waals surface area contributed by atoms with Gasteiger partial charge in [0.05, 0.1) is 24.0 Å². The topological polar surface area (TPSA) is 62.1 Å². The van der Waals surface area contributed by atoms with Crippen molar-refractivity contribution in [3.63, 3.8) is 0 Å². The van der Waals surface area contributed by atoms with Crippen LogP contribution in [0.2, 0.25) is 0 Å². The van der Waals surface area contributed by atoms with E-state index in [1.54, 1.807) is 10.6 Å². The second-order valence-corrected chi connectivity index (χ2v) is 11.0. The van der Waals surface area contributed by atoms with Crippen LogP contribution in [0.5, 0.6) is 0 Å². The van der Waals surface area contributed by atoms with Crippen molar-refractivity contribution in [1.29, 1.82) is 0 Å². The number of alkyl halides is 6. The highest BCUT2D eigenvalue weighted by molar-refractivity contribution is 5.85. The molecule has 2 aromatic heterocycles. The fourth-order valence-corrected chi connectivity index (χ4v) is 5.24. The Morgan fingerprint density at radius 3 is 2.11 bits per heavy atom. The van der Waals surface area contributed by atoms with Crippen LogP contribution in [0.1, 0.15) is 22.3 Å². The van der Waals surface area contributed by atoms with Gasteiger partial charge in [-0.2, -0.15) is 26.3 Å². The molecule has 0 radical (unpaired) electrons. The monoisotopic (exact) mass is 625 g/mol. The average Bonchev–Trinajstić information content (AvgIpc) is 3.42. The molecule has 7 nitrogen and oxygen atoms in total. The zero-order chi connectivity index (χ0) is 31.8. The Kier molecular flexibility index (Phi) is 8.12. The molecule has 0 bridgehead atoms. The quantitative estimate of drug-likeness (QED) is 0.198. The van der Waals surface area contributed by atoms with Gasteiger partial charge in [-0.05, 0) is 66.7 Å². The summed E-state index contributed by atoms with van der Waals surface area (Å²) in [5, 5.41) is 3.13. The Morgan fingerprint density at radius 2 is 1.44 bits per heavy atom. The highest BCUT2D eigenvalue weighted by atomic mass is 19.4. The zero-order valence-corrected chi connectivity index (χ0v) is 24.2. The first kappa shape index (κ1) is 30.4.